The van der Waals surface area contributed by atoms with E-state index in [9.17, 15) is 4.79 Å². The van der Waals surface area contributed by atoms with Gasteiger partial charge in [0.15, 0.2) is 0 Å². The Morgan fingerprint density at radius 2 is 2.25 bits per heavy atom. The molecule has 0 aromatic carbocycles. The first-order valence-electron chi connectivity index (χ1n) is 6.26. The summed E-state index contributed by atoms with van der Waals surface area (Å²) in [6, 6.07) is 0.588. The summed E-state index contributed by atoms with van der Waals surface area (Å²) in [6.07, 6.45) is 2.15. The molecule has 2 rings (SSSR count). The maximum atomic E-state index is 11.4. The predicted octanol–water partition coefficient (Wildman–Crippen LogP) is 0.182. The van der Waals surface area contributed by atoms with Crippen molar-refractivity contribution in [3.05, 3.63) is 0 Å². The van der Waals surface area contributed by atoms with Crippen molar-refractivity contribution in [2.24, 2.45) is 17.1 Å². The molecule has 16 heavy (non-hydrogen) atoms. The molecule has 3 N–H and O–H groups in total. The van der Waals surface area contributed by atoms with Crippen LogP contribution in [0, 0.1) is 11.3 Å². The van der Waals surface area contributed by atoms with E-state index in [4.69, 9.17) is 5.73 Å². The largest absolute Gasteiger partial charge is 0.369 e. The lowest BCUT2D eigenvalue weighted by molar-refractivity contribution is -0.126. The molecular formula is C12H23N3O. The Hall–Kier alpha value is -0.610. The topological polar surface area (TPSA) is 58.4 Å². The summed E-state index contributed by atoms with van der Waals surface area (Å²) in [5.74, 6) is 0.589. The molecule has 0 aliphatic carbocycles. The molecule has 4 heteroatoms. The van der Waals surface area contributed by atoms with E-state index in [0.717, 1.165) is 38.5 Å². The van der Waals surface area contributed by atoms with Crippen LogP contribution in [-0.4, -0.2) is 43.0 Å². The van der Waals surface area contributed by atoms with Crippen molar-refractivity contribution in [2.45, 2.75) is 32.7 Å². The van der Waals surface area contributed by atoms with E-state index in [1.807, 2.05) is 6.92 Å². The third kappa shape index (κ3) is 2.23. The standard InChI is InChI=1S/C12H23N3O/c1-9-5-10(7-14-6-9)15-4-3-12(2,8-15)11(13)16/h9-10,14H,3-8H2,1-2H3,(H2,13,16). The van der Waals surface area contributed by atoms with Gasteiger partial charge in [-0.1, -0.05) is 6.92 Å². The zero-order chi connectivity index (χ0) is 11.8. The van der Waals surface area contributed by atoms with Gasteiger partial charge < -0.3 is 11.1 Å². The minimum Gasteiger partial charge on any atom is -0.369 e. The number of hydrogen-bond donors (Lipinski definition) is 2. The summed E-state index contributed by atoms with van der Waals surface area (Å²) in [5, 5.41) is 3.46. The Balaban J connectivity index is 1.95. The second-order valence-electron chi connectivity index (χ2n) is 5.80. The van der Waals surface area contributed by atoms with Gasteiger partial charge in [0.05, 0.1) is 5.41 Å². The summed E-state index contributed by atoms with van der Waals surface area (Å²) in [6.45, 7) is 8.30. The number of piperidine rings is 1. The van der Waals surface area contributed by atoms with Crippen LogP contribution in [-0.2, 0) is 4.79 Å². The van der Waals surface area contributed by atoms with Gasteiger partial charge in [0, 0.05) is 19.1 Å². The summed E-state index contributed by atoms with van der Waals surface area (Å²) >= 11 is 0. The van der Waals surface area contributed by atoms with E-state index >= 15 is 0 Å². The summed E-state index contributed by atoms with van der Waals surface area (Å²) in [5.41, 5.74) is 5.16. The minimum absolute atomic E-state index is 0.146. The molecular weight excluding hydrogens is 202 g/mol. The molecule has 3 atom stereocenters. The number of likely N-dealkylation sites (tertiary alicyclic amines) is 1. The first kappa shape index (κ1) is 11.9. The van der Waals surface area contributed by atoms with Crippen LogP contribution >= 0.6 is 0 Å². The van der Waals surface area contributed by atoms with Crippen molar-refractivity contribution in [1.29, 1.82) is 0 Å². The van der Waals surface area contributed by atoms with Gasteiger partial charge in [-0.25, -0.2) is 0 Å². The fourth-order valence-corrected chi connectivity index (χ4v) is 2.92. The summed E-state index contributed by atoms with van der Waals surface area (Å²) < 4.78 is 0. The molecule has 0 aromatic rings. The van der Waals surface area contributed by atoms with Crippen LogP contribution in [0.1, 0.15) is 26.7 Å². The van der Waals surface area contributed by atoms with E-state index in [-0.39, 0.29) is 11.3 Å². The van der Waals surface area contributed by atoms with Gasteiger partial charge in [-0.3, -0.25) is 9.69 Å². The number of amides is 1. The third-order valence-corrected chi connectivity index (χ3v) is 4.16. The zero-order valence-corrected chi connectivity index (χ0v) is 10.3. The fourth-order valence-electron chi connectivity index (χ4n) is 2.92. The number of primary amides is 1. The fraction of sp³-hybridized carbons (Fsp3) is 0.917. The van der Waals surface area contributed by atoms with Crippen LogP contribution in [0.4, 0.5) is 0 Å². The van der Waals surface area contributed by atoms with Crippen molar-refractivity contribution < 1.29 is 4.79 Å². The quantitative estimate of drug-likeness (QED) is 0.705. The number of rotatable bonds is 2. The van der Waals surface area contributed by atoms with E-state index in [0.29, 0.717) is 6.04 Å². The predicted molar refractivity (Wildman–Crippen MR) is 63.9 cm³/mol. The summed E-state index contributed by atoms with van der Waals surface area (Å²) in [7, 11) is 0. The van der Waals surface area contributed by atoms with Crippen molar-refractivity contribution >= 4 is 5.91 Å². The highest BCUT2D eigenvalue weighted by Gasteiger charge is 2.41. The van der Waals surface area contributed by atoms with Crippen LogP contribution in [0.3, 0.4) is 0 Å². The average Bonchev–Trinajstić information content (AvgIpc) is 2.62. The second kappa shape index (κ2) is 4.34. The van der Waals surface area contributed by atoms with Crippen molar-refractivity contribution in [3.8, 4) is 0 Å². The van der Waals surface area contributed by atoms with Gasteiger partial charge in [-0.2, -0.15) is 0 Å². The smallest absolute Gasteiger partial charge is 0.224 e. The summed E-state index contributed by atoms with van der Waals surface area (Å²) in [4.78, 5) is 13.8. The molecule has 4 nitrogen and oxygen atoms in total. The lowest BCUT2D eigenvalue weighted by atomic mass is 9.89. The lowest BCUT2D eigenvalue weighted by Crippen LogP contribution is -2.49. The first-order chi connectivity index (χ1) is 7.51. The Kier molecular flexibility index (Phi) is 3.22. The Bertz CT molecular complexity index is 281. The molecule has 2 heterocycles. The highest BCUT2D eigenvalue weighted by Crippen LogP contribution is 2.32. The van der Waals surface area contributed by atoms with Crippen LogP contribution < -0.4 is 11.1 Å². The number of carbonyl (C=O) groups excluding carboxylic acids is 1. The van der Waals surface area contributed by atoms with Crippen molar-refractivity contribution in [1.82, 2.24) is 10.2 Å². The third-order valence-electron chi connectivity index (χ3n) is 4.16. The van der Waals surface area contributed by atoms with E-state index in [1.165, 1.54) is 6.42 Å². The van der Waals surface area contributed by atoms with Crippen molar-refractivity contribution in [3.63, 3.8) is 0 Å². The Morgan fingerprint density at radius 1 is 1.50 bits per heavy atom. The molecule has 0 aromatic heterocycles. The van der Waals surface area contributed by atoms with Gasteiger partial charge in [-0.05, 0) is 38.8 Å². The zero-order valence-electron chi connectivity index (χ0n) is 10.3. The van der Waals surface area contributed by atoms with Crippen LogP contribution in [0.2, 0.25) is 0 Å². The maximum absolute atomic E-state index is 11.4. The van der Waals surface area contributed by atoms with Crippen LogP contribution in [0.25, 0.3) is 0 Å². The normalized spacial score (nSPS) is 41.1. The first-order valence-corrected chi connectivity index (χ1v) is 6.26. The van der Waals surface area contributed by atoms with E-state index in [1.54, 1.807) is 0 Å². The number of hydrogen-bond acceptors (Lipinski definition) is 3. The van der Waals surface area contributed by atoms with Gasteiger partial charge in [0.25, 0.3) is 0 Å². The molecule has 1 amide bonds. The number of nitrogens with two attached hydrogens (primary N) is 1. The monoisotopic (exact) mass is 225 g/mol. The number of nitrogens with zero attached hydrogens (tertiary/aromatic N) is 1. The van der Waals surface area contributed by atoms with Crippen LogP contribution in [0.15, 0.2) is 0 Å². The molecule has 0 spiro atoms. The van der Waals surface area contributed by atoms with Crippen molar-refractivity contribution in [2.75, 3.05) is 26.2 Å². The van der Waals surface area contributed by atoms with Gasteiger partial charge in [-0.15, -0.1) is 0 Å². The molecule has 0 saturated carbocycles. The molecule has 0 radical (unpaired) electrons. The highest BCUT2D eigenvalue weighted by atomic mass is 16.1. The van der Waals surface area contributed by atoms with Gasteiger partial charge in [0.2, 0.25) is 5.91 Å². The Labute approximate surface area is 97.6 Å². The van der Waals surface area contributed by atoms with Gasteiger partial charge >= 0.3 is 0 Å². The highest BCUT2D eigenvalue weighted by molar-refractivity contribution is 5.81. The molecule has 0 bridgehead atoms. The molecule has 2 aliphatic heterocycles. The van der Waals surface area contributed by atoms with E-state index in [2.05, 4.69) is 17.1 Å². The van der Waals surface area contributed by atoms with Gasteiger partial charge in [0.1, 0.15) is 0 Å². The van der Waals surface area contributed by atoms with E-state index < -0.39 is 0 Å². The number of carbonyl (C=O) groups is 1. The molecule has 2 fully saturated rings. The number of nitrogens with one attached hydrogen (secondary N) is 1. The second-order valence-corrected chi connectivity index (χ2v) is 5.80. The maximum Gasteiger partial charge on any atom is 0.224 e. The van der Waals surface area contributed by atoms with Crippen LogP contribution in [0.5, 0.6) is 0 Å². The molecule has 2 aliphatic rings. The molecule has 2 saturated heterocycles. The lowest BCUT2D eigenvalue weighted by Gasteiger charge is -2.35. The molecule has 3 unspecified atom stereocenters. The Morgan fingerprint density at radius 3 is 2.81 bits per heavy atom. The average molecular weight is 225 g/mol. The molecule has 92 valence electrons. The SMILES string of the molecule is CC1CNCC(N2CCC(C)(C(N)=O)C2)C1. The minimum atomic E-state index is -0.305.